The predicted octanol–water partition coefficient (Wildman–Crippen LogP) is -0.285. The molecule has 0 saturated carbocycles. The van der Waals surface area contributed by atoms with Crippen LogP contribution in [0.5, 0.6) is 0 Å². The van der Waals surface area contributed by atoms with Gasteiger partial charge in [0.1, 0.15) is 6.54 Å². The molecule has 2 N–H and O–H groups in total. The maximum Gasteiger partial charge on any atom is 0.303 e. The van der Waals surface area contributed by atoms with Crippen LogP contribution in [0.15, 0.2) is 0 Å². The van der Waals surface area contributed by atoms with Crippen molar-refractivity contribution in [2.24, 2.45) is 0 Å². The minimum absolute atomic E-state index is 0.0160. The number of hydrogen-bond acceptors (Lipinski definition) is 4. The number of aliphatic hydroxyl groups is 2. The van der Waals surface area contributed by atoms with Crippen molar-refractivity contribution in [1.29, 1.82) is 0 Å². The number of carbonyl (C=O) groups excluding carboxylic acids is 1. The predicted molar refractivity (Wildman–Crippen MR) is 55.9 cm³/mol. The summed E-state index contributed by atoms with van der Waals surface area (Å²) in [6.45, 7) is 3.54. The van der Waals surface area contributed by atoms with Crippen LogP contribution >= 0.6 is 0 Å². The standard InChI is InChI=1S/C10H22NO4/c1-8(12)15-10(2,6-9(13)14)7-11(3,4)5/h9,13-14H,6-7H2,1-5H3/q+1. The average Bonchev–Trinajstić information content (AvgIpc) is 1.73. The maximum absolute atomic E-state index is 10.9. The van der Waals surface area contributed by atoms with E-state index in [1.807, 2.05) is 21.1 Å². The second kappa shape index (κ2) is 4.92. The molecule has 0 aromatic rings. The molecule has 0 aliphatic carbocycles. The van der Waals surface area contributed by atoms with Crippen LogP contribution in [0.3, 0.4) is 0 Å². The molecule has 90 valence electrons. The number of aliphatic hydroxyl groups excluding tert-OH is 1. The Morgan fingerprint density at radius 2 is 1.87 bits per heavy atom. The van der Waals surface area contributed by atoms with E-state index >= 15 is 0 Å². The fraction of sp³-hybridized carbons (Fsp3) is 0.900. The molecular weight excluding hydrogens is 198 g/mol. The summed E-state index contributed by atoms with van der Waals surface area (Å²) in [5.41, 5.74) is -0.849. The van der Waals surface area contributed by atoms with Gasteiger partial charge in [-0.2, -0.15) is 0 Å². The molecule has 0 aromatic heterocycles. The third kappa shape index (κ3) is 7.30. The monoisotopic (exact) mass is 220 g/mol. The van der Waals surface area contributed by atoms with Gasteiger partial charge in [-0.3, -0.25) is 4.79 Å². The molecule has 0 heterocycles. The third-order valence-corrected chi connectivity index (χ3v) is 1.81. The van der Waals surface area contributed by atoms with Crippen LogP contribution in [0.2, 0.25) is 0 Å². The first-order valence-electron chi connectivity index (χ1n) is 4.90. The molecule has 0 amide bonds. The van der Waals surface area contributed by atoms with Crippen molar-refractivity contribution in [3.63, 3.8) is 0 Å². The van der Waals surface area contributed by atoms with Gasteiger partial charge >= 0.3 is 5.97 Å². The molecule has 0 fully saturated rings. The van der Waals surface area contributed by atoms with E-state index in [1.165, 1.54) is 6.92 Å². The van der Waals surface area contributed by atoms with Gasteiger partial charge in [0, 0.05) is 13.3 Å². The molecule has 5 nitrogen and oxygen atoms in total. The molecule has 5 heteroatoms. The lowest BCUT2D eigenvalue weighted by atomic mass is 10.0. The maximum atomic E-state index is 10.9. The summed E-state index contributed by atoms with van der Waals surface area (Å²) in [5, 5.41) is 17.9. The number of likely N-dealkylation sites (N-methyl/N-ethyl adjacent to an activating group) is 1. The summed E-state index contributed by atoms with van der Waals surface area (Å²) < 4.78 is 5.73. The molecule has 15 heavy (non-hydrogen) atoms. The van der Waals surface area contributed by atoms with E-state index in [2.05, 4.69) is 0 Å². The summed E-state index contributed by atoms with van der Waals surface area (Å²) in [6, 6.07) is 0. The minimum atomic E-state index is -1.47. The molecule has 0 spiro atoms. The molecule has 0 aliphatic rings. The van der Waals surface area contributed by atoms with Crippen molar-refractivity contribution in [1.82, 2.24) is 0 Å². The van der Waals surface area contributed by atoms with Gasteiger partial charge in [-0.05, 0) is 6.92 Å². The van der Waals surface area contributed by atoms with Crippen molar-refractivity contribution in [3.8, 4) is 0 Å². The molecule has 0 rings (SSSR count). The van der Waals surface area contributed by atoms with Crippen LogP contribution in [0.1, 0.15) is 20.3 Å². The first-order valence-corrected chi connectivity index (χ1v) is 4.90. The Morgan fingerprint density at radius 1 is 1.40 bits per heavy atom. The van der Waals surface area contributed by atoms with Gasteiger partial charge < -0.3 is 19.4 Å². The van der Waals surface area contributed by atoms with Gasteiger partial charge in [0.05, 0.1) is 21.1 Å². The Hall–Kier alpha value is -0.650. The second-order valence-corrected chi connectivity index (χ2v) is 5.18. The van der Waals surface area contributed by atoms with Gasteiger partial charge in [-0.15, -0.1) is 0 Å². The fourth-order valence-electron chi connectivity index (χ4n) is 1.88. The molecule has 0 aliphatic heterocycles. The van der Waals surface area contributed by atoms with Gasteiger partial charge in [0.25, 0.3) is 0 Å². The van der Waals surface area contributed by atoms with Crippen molar-refractivity contribution in [2.75, 3.05) is 27.7 Å². The lowest BCUT2D eigenvalue weighted by molar-refractivity contribution is -0.876. The van der Waals surface area contributed by atoms with Crippen LogP contribution in [-0.2, 0) is 9.53 Å². The molecule has 0 saturated heterocycles. The zero-order valence-electron chi connectivity index (χ0n) is 10.1. The zero-order valence-corrected chi connectivity index (χ0v) is 10.1. The van der Waals surface area contributed by atoms with Crippen LogP contribution < -0.4 is 0 Å². The van der Waals surface area contributed by atoms with E-state index in [9.17, 15) is 4.79 Å². The number of rotatable bonds is 5. The number of carbonyl (C=O) groups is 1. The van der Waals surface area contributed by atoms with E-state index in [0.717, 1.165) is 0 Å². The summed E-state index contributed by atoms with van der Waals surface area (Å²) in [4.78, 5) is 10.9. The number of nitrogens with zero attached hydrogens (tertiary/aromatic N) is 1. The highest BCUT2D eigenvalue weighted by Crippen LogP contribution is 2.20. The topological polar surface area (TPSA) is 66.8 Å². The van der Waals surface area contributed by atoms with Crippen LogP contribution in [0.25, 0.3) is 0 Å². The van der Waals surface area contributed by atoms with Gasteiger partial charge in [-0.25, -0.2) is 0 Å². The summed E-state index contributed by atoms with van der Waals surface area (Å²) in [6.07, 6.45) is -1.46. The fourth-order valence-corrected chi connectivity index (χ4v) is 1.88. The Bertz CT molecular complexity index is 222. The molecule has 1 atom stereocenters. The van der Waals surface area contributed by atoms with Crippen molar-refractivity contribution >= 4 is 5.97 Å². The molecular formula is C10H22NO4+. The second-order valence-electron chi connectivity index (χ2n) is 5.18. The summed E-state index contributed by atoms with van der Waals surface area (Å²) in [7, 11) is 5.85. The zero-order chi connectivity index (χ0) is 12.3. The van der Waals surface area contributed by atoms with E-state index in [4.69, 9.17) is 14.9 Å². The molecule has 0 bridgehead atoms. The van der Waals surface area contributed by atoms with Crippen molar-refractivity contribution < 1.29 is 24.2 Å². The largest absolute Gasteiger partial charge is 0.453 e. The SMILES string of the molecule is CC(=O)OC(C)(CC(O)O)C[N+](C)(C)C. The molecule has 1 unspecified atom stereocenters. The first-order chi connectivity index (χ1) is 6.54. The first kappa shape index (κ1) is 14.3. The highest BCUT2D eigenvalue weighted by molar-refractivity contribution is 5.66. The number of quaternary nitrogens is 1. The lowest BCUT2D eigenvalue weighted by Gasteiger charge is -2.36. The Kier molecular flexibility index (Phi) is 4.70. The number of esters is 1. The van der Waals surface area contributed by atoms with Gasteiger partial charge in [-0.1, -0.05) is 0 Å². The third-order valence-electron chi connectivity index (χ3n) is 1.81. The van der Waals surface area contributed by atoms with Crippen LogP contribution in [-0.4, -0.2) is 60.2 Å². The van der Waals surface area contributed by atoms with E-state index < -0.39 is 17.9 Å². The Balaban J connectivity index is 4.61. The number of hydrogen-bond donors (Lipinski definition) is 2. The highest BCUT2D eigenvalue weighted by atomic mass is 16.6. The van der Waals surface area contributed by atoms with Gasteiger partial charge in [0.15, 0.2) is 11.9 Å². The van der Waals surface area contributed by atoms with E-state index in [-0.39, 0.29) is 6.42 Å². The minimum Gasteiger partial charge on any atom is -0.453 e. The van der Waals surface area contributed by atoms with Crippen molar-refractivity contribution in [2.45, 2.75) is 32.2 Å². The number of ether oxygens (including phenoxy) is 1. The van der Waals surface area contributed by atoms with E-state index in [1.54, 1.807) is 6.92 Å². The van der Waals surface area contributed by atoms with Crippen LogP contribution in [0, 0.1) is 0 Å². The van der Waals surface area contributed by atoms with Crippen molar-refractivity contribution in [3.05, 3.63) is 0 Å². The molecule has 0 aromatic carbocycles. The molecule has 0 radical (unpaired) electrons. The quantitative estimate of drug-likeness (QED) is 0.380. The normalized spacial score (nSPS) is 16.3. The van der Waals surface area contributed by atoms with Gasteiger partial charge in [0.2, 0.25) is 0 Å². The summed E-state index contributed by atoms with van der Waals surface area (Å²) in [5.74, 6) is -0.411. The Labute approximate surface area is 90.9 Å². The average molecular weight is 220 g/mol. The Morgan fingerprint density at radius 3 is 2.13 bits per heavy atom. The van der Waals surface area contributed by atoms with E-state index in [0.29, 0.717) is 11.0 Å². The van der Waals surface area contributed by atoms with Crippen LogP contribution in [0.4, 0.5) is 0 Å². The smallest absolute Gasteiger partial charge is 0.303 e. The summed E-state index contributed by atoms with van der Waals surface area (Å²) >= 11 is 0. The highest BCUT2D eigenvalue weighted by Gasteiger charge is 2.36. The lowest BCUT2D eigenvalue weighted by Crippen LogP contribution is -2.51.